The van der Waals surface area contributed by atoms with Crippen LogP contribution >= 0.6 is 0 Å². The second kappa shape index (κ2) is 6.09. The summed E-state index contributed by atoms with van der Waals surface area (Å²) in [6.07, 6.45) is 1.62. The summed E-state index contributed by atoms with van der Waals surface area (Å²) in [5, 5.41) is 0. The van der Waals surface area contributed by atoms with Crippen LogP contribution in [0.15, 0.2) is 0 Å². The van der Waals surface area contributed by atoms with E-state index in [1.807, 2.05) is 0 Å². The van der Waals surface area contributed by atoms with Crippen LogP contribution in [0.3, 0.4) is 0 Å². The van der Waals surface area contributed by atoms with Gasteiger partial charge >= 0.3 is 5.97 Å². The van der Waals surface area contributed by atoms with Crippen LogP contribution in [0, 0.1) is 0 Å². The zero-order valence-corrected chi connectivity index (χ0v) is 12.4. The maximum absolute atomic E-state index is 12.2. The predicted molar refractivity (Wildman–Crippen MR) is 71.3 cm³/mol. The van der Waals surface area contributed by atoms with Crippen molar-refractivity contribution >= 4 is 21.9 Å². The van der Waals surface area contributed by atoms with Gasteiger partial charge in [0.05, 0.1) is 12.9 Å². The Morgan fingerprint density at radius 3 is 2.85 bits per heavy atom. The Labute approximate surface area is 118 Å². The fourth-order valence-corrected chi connectivity index (χ4v) is 4.24. The zero-order chi connectivity index (χ0) is 14.8. The van der Waals surface area contributed by atoms with Gasteiger partial charge in [0.2, 0.25) is 15.9 Å². The molecule has 2 saturated heterocycles. The van der Waals surface area contributed by atoms with Gasteiger partial charge in [0.1, 0.15) is 0 Å². The average Bonchev–Trinajstić information content (AvgIpc) is 2.79. The van der Waals surface area contributed by atoms with Crippen molar-refractivity contribution in [3.05, 3.63) is 0 Å². The average molecular weight is 304 g/mol. The number of esters is 1. The fourth-order valence-electron chi connectivity index (χ4n) is 2.72. The van der Waals surface area contributed by atoms with E-state index in [4.69, 9.17) is 0 Å². The first kappa shape index (κ1) is 15.2. The molecule has 2 aliphatic heterocycles. The van der Waals surface area contributed by atoms with Crippen molar-refractivity contribution in [3.8, 4) is 0 Å². The summed E-state index contributed by atoms with van der Waals surface area (Å²) in [6.45, 7) is 1.20. The molecule has 0 aromatic heterocycles. The lowest BCUT2D eigenvalue weighted by Crippen LogP contribution is -2.53. The molecular formula is C12H20N2O5S. The molecule has 2 fully saturated rings. The first-order valence-corrected chi connectivity index (χ1v) is 8.39. The minimum absolute atomic E-state index is 0.0200. The summed E-state index contributed by atoms with van der Waals surface area (Å²) in [4.78, 5) is 24.3. The van der Waals surface area contributed by atoms with Gasteiger partial charge in [-0.1, -0.05) is 0 Å². The van der Waals surface area contributed by atoms with Crippen LogP contribution in [0.5, 0.6) is 0 Å². The summed E-state index contributed by atoms with van der Waals surface area (Å²) in [5.41, 5.74) is 0. The van der Waals surface area contributed by atoms with Gasteiger partial charge in [-0.2, -0.15) is 4.31 Å². The third-order valence-electron chi connectivity index (χ3n) is 3.86. The third kappa shape index (κ3) is 3.29. The summed E-state index contributed by atoms with van der Waals surface area (Å²) in [5.74, 6) is -0.327. The van der Waals surface area contributed by atoms with Crippen molar-refractivity contribution in [3.63, 3.8) is 0 Å². The minimum atomic E-state index is -3.36. The number of piperazine rings is 1. The number of amides is 1. The quantitative estimate of drug-likeness (QED) is 0.644. The van der Waals surface area contributed by atoms with Crippen molar-refractivity contribution in [1.82, 2.24) is 9.21 Å². The van der Waals surface area contributed by atoms with Gasteiger partial charge in [0.25, 0.3) is 0 Å². The number of methoxy groups -OCH3 is 1. The molecule has 0 radical (unpaired) electrons. The molecule has 0 saturated carbocycles. The maximum atomic E-state index is 12.2. The number of carbonyl (C=O) groups excluding carboxylic acids is 2. The molecule has 8 heteroatoms. The molecule has 114 valence electrons. The van der Waals surface area contributed by atoms with E-state index in [0.717, 1.165) is 6.42 Å². The predicted octanol–water partition coefficient (Wildman–Crippen LogP) is -0.424. The Morgan fingerprint density at radius 2 is 2.15 bits per heavy atom. The Morgan fingerprint density at radius 1 is 1.40 bits per heavy atom. The van der Waals surface area contributed by atoms with E-state index in [1.54, 1.807) is 4.90 Å². The minimum Gasteiger partial charge on any atom is -0.469 e. The molecule has 2 heterocycles. The van der Waals surface area contributed by atoms with Gasteiger partial charge in [0, 0.05) is 38.5 Å². The summed E-state index contributed by atoms with van der Waals surface area (Å²) in [6, 6.07) is 0.0200. The standard InChI is InChI=1S/C12H20N2O5S/c1-19-12(16)3-2-8-20(17,18)13-6-7-14-10(9-13)4-5-11(14)15/h10H,2-9H2,1H3. The highest BCUT2D eigenvalue weighted by Gasteiger charge is 2.38. The summed E-state index contributed by atoms with van der Waals surface area (Å²) < 4.78 is 30.3. The Balaban J connectivity index is 1.87. The lowest BCUT2D eigenvalue weighted by molar-refractivity contribution is -0.140. The van der Waals surface area contributed by atoms with Gasteiger partial charge in [-0.3, -0.25) is 9.59 Å². The topological polar surface area (TPSA) is 84.0 Å². The highest BCUT2D eigenvalue weighted by Crippen LogP contribution is 2.24. The van der Waals surface area contributed by atoms with Crippen molar-refractivity contribution in [2.24, 2.45) is 0 Å². The highest BCUT2D eigenvalue weighted by molar-refractivity contribution is 7.89. The van der Waals surface area contributed by atoms with Crippen molar-refractivity contribution in [1.29, 1.82) is 0 Å². The second-order valence-corrected chi connectivity index (χ2v) is 7.22. The number of carbonyl (C=O) groups is 2. The smallest absolute Gasteiger partial charge is 0.305 e. The molecule has 0 aromatic carbocycles. The second-order valence-electron chi connectivity index (χ2n) is 5.13. The Hall–Kier alpha value is -1.15. The Bertz CT molecular complexity index is 490. The first-order valence-electron chi connectivity index (χ1n) is 6.78. The zero-order valence-electron chi connectivity index (χ0n) is 11.6. The Kier molecular flexibility index (Phi) is 4.64. The van der Waals surface area contributed by atoms with Crippen LogP contribution in [-0.4, -0.2) is 68.0 Å². The van der Waals surface area contributed by atoms with E-state index in [1.165, 1.54) is 11.4 Å². The van der Waals surface area contributed by atoms with E-state index in [-0.39, 0.29) is 30.5 Å². The van der Waals surface area contributed by atoms with E-state index in [0.29, 0.717) is 26.1 Å². The third-order valence-corrected chi connectivity index (χ3v) is 5.78. The molecule has 1 atom stereocenters. The van der Waals surface area contributed by atoms with E-state index < -0.39 is 16.0 Å². The number of fused-ring (bicyclic) bond motifs is 1. The van der Waals surface area contributed by atoms with Crippen molar-refractivity contribution in [2.45, 2.75) is 31.7 Å². The number of hydrogen-bond acceptors (Lipinski definition) is 5. The molecule has 2 rings (SSSR count). The first-order chi connectivity index (χ1) is 9.44. The number of sulfonamides is 1. The van der Waals surface area contributed by atoms with Gasteiger partial charge in [-0.15, -0.1) is 0 Å². The number of rotatable bonds is 5. The largest absolute Gasteiger partial charge is 0.469 e. The van der Waals surface area contributed by atoms with Crippen LogP contribution in [0.4, 0.5) is 0 Å². The van der Waals surface area contributed by atoms with Gasteiger partial charge in [0.15, 0.2) is 0 Å². The molecule has 0 spiro atoms. The van der Waals surface area contributed by atoms with E-state index >= 15 is 0 Å². The lowest BCUT2D eigenvalue weighted by Gasteiger charge is -2.36. The molecule has 7 nitrogen and oxygen atoms in total. The fraction of sp³-hybridized carbons (Fsp3) is 0.833. The lowest BCUT2D eigenvalue weighted by atomic mass is 10.2. The summed E-state index contributed by atoms with van der Waals surface area (Å²) in [7, 11) is -2.07. The monoisotopic (exact) mass is 304 g/mol. The molecule has 1 unspecified atom stereocenters. The van der Waals surface area contributed by atoms with Crippen LogP contribution in [-0.2, 0) is 24.3 Å². The van der Waals surface area contributed by atoms with E-state index in [2.05, 4.69) is 4.74 Å². The SMILES string of the molecule is COC(=O)CCCS(=O)(=O)N1CCN2C(=O)CCC2C1. The van der Waals surface area contributed by atoms with E-state index in [9.17, 15) is 18.0 Å². The molecule has 0 aromatic rings. The summed E-state index contributed by atoms with van der Waals surface area (Å²) >= 11 is 0. The molecule has 20 heavy (non-hydrogen) atoms. The van der Waals surface area contributed by atoms with Crippen LogP contribution < -0.4 is 0 Å². The maximum Gasteiger partial charge on any atom is 0.305 e. The van der Waals surface area contributed by atoms with Crippen molar-refractivity contribution < 1.29 is 22.7 Å². The van der Waals surface area contributed by atoms with Gasteiger partial charge in [-0.05, 0) is 12.8 Å². The normalized spacial score (nSPS) is 23.8. The van der Waals surface area contributed by atoms with Crippen LogP contribution in [0.2, 0.25) is 0 Å². The molecular weight excluding hydrogens is 284 g/mol. The molecule has 2 aliphatic rings. The van der Waals surface area contributed by atoms with Crippen LogP contribution in [0.25, 0.3) is 0 Å². The molecule has 0 N–H and O–H groups in total. The van der Waals surface area contributed by atoms with Gasteiger partial charge < -0.3 is 9.64 Å². The van der Waals surface area contributed by atoms with Crippen LogP contribution in [0.1, 0.15) is 25.7 Å². The van der Waals surface area contributed by atoms with Crippen molar-refractivity contribution in [2.75, 3.05) is 32.5 Å². The van der Waals surface area contributed by atoms with Gasteiger partial charge in [-0.25, -0.2) is 8.42 Å². The molecule has 1 amide bonds. The number of hydrogen-bond donors (Lipinski definition) is 0. The highest BCUT2D eigenvalue weighted by atomic mass is 32.2. The number of nitrogens with zero attached hydrogens (tertiary/aromatic N) is 2. The number of ether oxygens (including phenoxy) is 1. The molecule has 0 bridgehead atoms. The molecule has 0 aliphatic carbocycles.